The first-order chi connectivity index (χ1) is 51.7. The number of aromatic hydroxyl groups is 1. The number of nitrogens with two attached hydrogens (primary N) is 5. The van der Waals surface area contributed by atoms with Crippen molar-refractivity contribution in [3.63, 3.8) is 0 Å². The van der Waals surface area contributed by atoms with Gasteiger partial charge in [-0.15, -0.1) is 0 Å². The van der Waals surface area contributed by atoms with Crippen LogP contribution in [0.4, 0.5) is 0 Å². The Bertz CT molecular complexity index is 3390. The molecule has 0 radical (unpaired) electrons. The number of nitrogens with zero attached hydrogens (tertiary/aromatic N) is 1. The average molecular weight is 1540 g/mol. The lowest BCUT2D eigenvalue weighted by Gasteiger charge is -2.30. The zero-order valence-corrected chi connectivity index (χ0v) is 62.4. The van der Waals surface area contributed by atoms with Gasteiger partial charge in [-0.25, -0.2) is 0 Å². The van der Waals surface area contributed by atoms with Crippen LogP contribution in [0, 0.1) is 11.8 Å². The van der Waals surface area contributed by atoms with Crippen molar-refractivity contribution in [1.82, 2.24) is 68.7 Å². The van der Waals surface area contributed by atoms with Gasteiger partial charge in [0.1, 0.15) is 78.8 Å². The number of aliphatic hydroxyl groups is 1. The number of rotatable bonds is 51. The van der Waals surface area contributed by atoms with Gasteiger partial charge in [0.15, 0.2) is 0 Å². The molecule has 1 heterocycles. The molecule has 13 atom stereocenters. The molecule has 2 aromatic rings. The van der Waals surface area contributed by atoms with Crippen molar-refractivity contribution in [2.75, 3.05) is 45.9 Å². The van der Waals surface area contributed by atoms with Gasteiger partial charge in [-0.2, -0.15) is 0 Å². The van der Waals surface area contributed by atoms with Crippen molar-refractivity contribution >= 4 is 94.6 Å². The average Bonchev–Trinajstić information content (AvgIpc) is 1.76. The number of carboxylic acid groups (broad SMARTS) is 2. The number of aliphatic carboxylic acids is 2. The molecule has 1 fully saturated rings. The predicted molar refractivity (Wildman–Crippen MR) is 394 cm³/mol. The maximum absolute atomic E-state index is 14.4. The van der Waals surface area contributed by atoms with Crippen LogP contribution in [0.15, 0.2) is 54.6 Å². The summed E-state index contributed by atoms with van der Waals surface area (Å²) in [6, 6.07) is -3.52. The molecular formula is C71H112N18O20. The number of carbonyl (C=O) groups is 16. The van der Waals surface area contributed by atoms with Gasteiger partial charge in [0.25, 0.3) is 0 Å². The molecule has 1 saturated heterocycles. The number of benzene rings is 2. The van der Waals surface area contributed by atoms with Crippen LogP contribution in [-0.2, 0) is 89.6 Å². The smallest absolute Gasteiger partial charge is 0.322 e. The number of carbonyl (C=O) groups excluding carboxylic acids is 14. The number of likely N-dealkylation sites (tertiary alicyclic amines) is 1. The van der Waals surface area contributed by atoms with E-state index in [1.165, 1.54) is 52.0 Å². The van der Waals surface area contributed by atoms with Crippen molar-refractivity contribution in [3.05, 3.63) is 65.7 Å². The number of hydrogen-bond donors (Lipinski definition) is 21. The lowest BCUT2D eigenvalue weighted by atomic mass is 9.96. The van der Waals surface area contributed by atoms with Crippen molar-refractivity contribution in [1.29, 1.82) is 0 Å². The molecule has 606 valence electrons. The number of nitrogens with one attached hydrogen (secondary N) is 12. The Morgan fingerprint density at radius 1 is 0.495 bits per heavy atom. The van der Waals surface area contributed by atoms with Crippen LogP contribution in [0.2, 0.25) is 0 Å². The van der Waals surface area contributed by atoms with Crippen LogP contribution in [0.1, 0.15) is 142 Å². The number of hydrogen-bond acceptors (Lipinski definition) is 22. The lowest BCUT2D eigenvalue weighted by Crippen LogP contribution is -2.62. The fraction of sp³-hybridized carbons (Fsp3) is 0.606. The summed E-state index contributed by atoms with van der Waals surface area (Å²) in [6.45, 7) is 5.90. The Labute approximate surface area is 632 Å². The summed E-state index contributed by atoms with van der Waals surface area (Å²) in [7, 11) is 0. The van der Waals surface area contributed by atoms with E-state index < -0.39 is 218 Å². The van der Waals surface area contributed by atoms with Gasteiger partial charge in [-0.3, -0.25) is 76.7 Å². The van der Waals surface area contributed by atoms with E-state index in [2.05, 4.69) is 63.8 Å². The first kappa shape index (κ1) is 92.8. The zero-order valence-electron chi connectivity index (χ0n) is 62.4. The molecule has 1 aliphatic rings. The number of phenols is 1. The van der Waals surface area contributed by atoms with Gasteiger partial charge in [-0.05, 0) is 132 Å². The third kappa shape index (κ3) is 33.3. The van der Waals surface area contributed by atoms with Gasteiger partial charge in [0.05, 0.1) is 25.6 Å². The summed E-state index contributed by atoms with van der Waals surface area (Å²) >= 11 is 0. The number of aliphatic hydroxyl groups excluding tert-OH is 1. The van der Waals surface area contributed by atoms with E-state index in [4.69, 9.17) is 28.7 Å². The number of phenolic OH excluding ortho intramolecular Hbond substituents is 1. The highest BCUT2D eigenvalue weighted by Crippen LogP contribution is 2.20. The van der Waals surface area contributed by atoms with E-state index >= 15 is 0 Å². The molecular weight excluding hydrogens is 1420 g/mol. The third-order valence-electron chi connectivity index (χ3n) is 18.0. The fourth-order valence-electron chi connectivity index (χ4n) is 11.5. The standard InChI is InChI=1S/C71H112N18O20/c1-6-40(4)59(70(108)82-48(27-28-56(94)95)65(103)84-49(62(100)78-37-57(96)97)33-42-17-8-7-9-18-42)88-67(105)51(35-54(76)92)85-69(107)58(39(2)3)87-66(104)50(34-43-23-25-44(91)26-24-43)83-60(98)41(5)79-55(93)36-77-68(106)53-22-16-32-89(53)71(109)52(38-90)86-64(102)47(21-12-15-31-74)81-63(101)46(20-11-14-30-73)80-61(99)45(75)19-10-13-29-72/h7-9,17-18,23-26,39-41,45-53,58-59,90-91H,6,10-16,19-22,27-38,72-75H2,1-5H3,(H2,76,92)(H,77,106)(H,78,100)(H,79,93)(H,80,99)(H,81,101)(H,82,108)(H,83,98)(H,84,103)(H,85,107)(H,86,102)(H,87,104)(H,88,105)(H,94,95)(H,96,97)/t40-,41-,45-,46-,47-,48-,49-,50-,51-,52-,53-,58-,59-/m0/s1. The van der Waals surface area contributed by atoms with Crippen LogP contribution < -0.4 is 92.5 Å². The lowest BCUT2D eigenvalue weighted by molar-refractivity contribution is -0.143. The van der Waals surface area contributed by atoms with Crippen LogP contribution in [0.3, 0.4) is 0 Å². The second kappa shape index (κ2) is 48.8. The van der Waals surface area contributed by atoms with Crippen molar-refractivity contribution in [3.8, 4) is 5.75 Å². The molecule has 1 aliphatic heterocycles. The molecule has 0 aromatic heterocycles. The molecule has 3 rings (SSSR count). The number of primary amides is 1. The van der Waals surface area contributed by atoms with Crippen molar-refractivity contribution < 1.29 is 97.1 Å². The second-order valence-electron chi connectivity index (χ2n) is 27.1. The Hall–Kier alpha value is -10.4. The quantitative estimate of drug-likeness (QED) is 0.0275. The normalized spacial score (nSPS) is 15.8. The predicted octanol–water partition coefficient (Wildman–Crippen LogP) is -5.50. The summed E-state index contributed by atoms with van der Waals surface area (Å²) in [5, 5.41) is 69.1. The minimum absolute atomic E-state index is 0.00487. The Morgan fingerprint density at radius 2 is 0.963 bits per heavy atom. The monoisotopic (exact) mass is 1540 g/mol. The topological polar surface area (TPSA) is 632 Å². The highest BCUT2D eigenvalue weighted by atomic mass is 16.4. The summed E-state index contributed by atoms with van der Waals surface area (Å²) in [6.07, 6.45) is 1.50. The summed E-state index contributed by atoms with van der Waals surface area (Å²) in [5.74, 6) is -17.6. The SMILES string of the molecule is CC[C@H](C)[C@H](NC(=O)[C@H](CC(N)=O)NC(=O)[C@@H](NC(=O)[C@H](Cc1ccc(O)cc1)NC(=O)[C@H](C)NC(=O)CNC(=O)[C@@H]1CCCN1C(=O)[C@H](CO)NC(=O)[C@H](CCCCN)NC(=O)[C@H](CCCCN)NC(=O)[C@@H](N)CCCCN)C(C)C)C(=O)N[C@@H](CCC(=O)O)C(=O)N[C@@H](Cc1ccccc1)C(=O)NCC(=O)O. The van der Waals surface area contributed by atoms with Crippen molar-refractivity contribution in [2.24, 2.45) is 40.5 Å². The van der Waals surface area contributed by atoms with Gasteiger partial charge < -0.3 is 118 Å². The van der Waals surface area contributed by atoms with E-state index in [-0.39, 0.29) is 63.8 Å². The van der Waals surface area contributed by atoms with Gasteiger partial charge in [-0.1, -0.05) is 83.0 Å². The summed E-state index contributed by atoms with van der Waals surface area (Å²) in [5.41, 5.74) is 29.6. The van der Waals surface area contributed by atoms with Crippen LogP contribution in [0.25, 0.3) is 0 Å². The van der Waals surface area contributed by atoms with E-state index in [1.807, 2.05) is 0 Å². The molecule has 0 bridgehead atoms. The maximum atomic E-state index is 14.4. The largest absolute Gasteiger partial charge is 0.508 e. The molecule has 0 saturated carbocycles. The minimum atomic E-state index is -1.85. The molecule has 26 N–H and O–H groups in total. The Morgan fingerprint density at radius 3 is 1.50 bits per heavy atom. The number of amides is 14. The molecule has 0 unspecified atom stereocenters. The Balaban J connectivity index is 1.78. The van der Waals surface area contributed by atoms with E-state index in [1.54, 1.807) is 37.3 Å². The third-order valence-corrected chi connectivity index (χ3v) is 18.0. The highest BCUT2D eigenvalue weighted by molar-refractivity contribution is 6.01. The molecule has 38 heteroatoms. The van der Waals surface area contributed by atoms with Crippen LogP contribution >= 0.6 is 0 Å². The van der Waals surface area contributed by atoms with E-state index in [0.717, 1.165) is 4.90 Å². The molecule has 14 amide bonds. The van der Waals surface area contributed by atoms with E-state index in [0.29, 0.717) is 69.2 Å². The highest BCUT2D eigenvalue weighted by Gasteiger charge is 2.41. The Kier molecular flexibility index (Phi) is 41.5. The first-order valence-electron chi connectivity index (χ1n) is 36.6. The zero-order chi connectivity index (χ0) is 81.4. The molecule has 38 nitrogen and oxygen atoms in total. The number of unbranched alkanes of at least 4 members (excludes halogenated alkanes) is 3. The summed E-state index contributed by atoms with van der Waals surface area (Å²) < 4.78 is 0. The second-order valence-corrected chi connectivity index (χ2v) is 27.1. The fourth-order valence-corrected chi connectivity index (χ4v) is 11.5. The molecule has 0 aliphatic carbocycles. The molecule has 0 spiro atoms. The first-order valence-corrected chi connectivity index (χ1v) is 36.6. The van der Waals surface area contributed by atoms with Gasteiger partial charge >= 0.3 is 11.9 Å². The van der Waals surface area contributed by atoms with Crippen LogP contribution in [0.5, 0.6) is 5.75 Å². The maximum Gasteiger partial charge on any atom is 0.322 e. The molecule has 2 aromatic carbocycles. The minimum Gasteiger partial charge on any atom is -0.508 e. The van der Waals surface area contributed by atoms with Crippen LogP contribution in [-0.4, -0.2) is 238 Å². The van der Waals surface area contributed by atoms with Crippen molar-refractivity contribution in [2.45, 2.75) is 216 Å². The van der Waals surface area contributed by atoms with Gasteiger partial charge in [0, 0.05) is 25.8 Å². The number of carboxylic acids is 2. The van der Waals surface area contributed by atoms with E-state index in [9.17, 15) is 97.1 Å². The summed E-state index contributed by atoms with van der Waals surface area (Å²) in [4.78, 5) is 217. The van der Waals surface area contributed by atoms with Gasteiger partial charge in [0.2, 0.25) is 82.7 Å². The molecule has 109 heavy (non-hydrogen) atoms.